The molecule has 0 amide bonds. The summed E-state index contributed by atoms with van der Waals surface area (Å²) in [6, 6.07) is 6.17. The minimum atomic E-state index is 0.498. The van der Waals surface area contributed by atoms with Gasteiger partial charge in [0.05, 0.1) is 0 Å². The molecule has 0 unspecified atom stereocenters. The van der Waals surface area contributed by atoms with Crippen molar-refractivity contribution < 1.29 is 0 Å². The number of aliphatic imine (C=N–C) groups is 1. The van der Waals surface area contributed by atoms with E-state index in [2.05, 4.69) is 20.8 Å². The normalized spacial score (nSPS) is 15.2. The smallest absolute Gasteiger partial charge is 0.191 e. The van der Waals surface area contributed by atoms with Crippen LogP contribution in [0, 0.1) is 6.92 Å². The maximum Gasteiger partial charge on any atom is 0.191 e. The summed E-state index contributed by atoms with van der Waals surface area (Å²) in [5.41, 5.74) is 1.12. The van der Waals surface area contributed by atoms with Gasteiger partial charge in [0.1, 0.15) is 12.4 Å². The fourth-order valence-electron chi connectivity index (χ4n) is 3.36. The van der Waals surface area contributed by atoms with Gasteiger partial charge < -0.3 is 15.2 Å². The molecule has 1 aromatic carbocycles. The van der Waals surface area contributed by atoms with Gasteiger partial charge in [-0.15, -0.1) is 10.2 Å². The Morgan fingerprint density at radius 2 is 2.04 bits per heavy atom. The highest BCUT2D eigenvalue weighted by atomic mass is 35.5. The van der Waals surface area contributed by atoms with Crippen molar-refractivity contribution in [2.45, 2.75) is 58.0 Å². The molecule has 1 aliphatic rings. The molecule has 3 rings (SSSR count). The number of aromatic nitrogens is 3. The van der Waals surface area contributed by atoms with Crippen LogP contribution in [-0.4, -0.2) is 33.3 Å². The molecule has 6 nitrogen and oxygen atoms in total. The van der Waals surface area contributed by atoms with E-state index in [0.717, 1.165) is 47.6 Å². The molecule has 0 bridgehead atoms. The molecule has 0 atom stereocenters. The van der Waals surface area contributed by atoms with Crippen molar-refractivity contribution >= 4 is 29.2 Å². The lowest BCUT2D eigenvalue weighted by Gasteiger charge is -2.17. The molecule has 0 saturated heterocycles. The Kier molecular flexibility index (Phi) is 7.57. The van der Waals surface area contributed by atoms with Gasteiger partial charge in [0.2, 0.25) is 0 Å². The summed E-state index contributed by atoms with van der Waals surface area (Å²) in [5, 5.41) is 16.7. The second-order valence-corrected chi connectivity index (χ2v) is 8.12. The average molecular weight is 423 g/mol. The largest absolute Gasteiger partial charge is 0.356 e. The summed E-state index contributed by atoms with van der Waals surface area (Å²) in [6.45, 7) is 3.26. The molecule has 152 valence electrons. The van der Waals surface area contributed by atoms with E-state index in [0.29, 0.717) is 17.6 Å². The number of halogens is 2. The highest BCUT2D eigenvalue weighted by Gasteiger charge is 2.16. The van der Waals surface area contributed by atoms with Crippen LogP contribution in [0.2, 0.25) is 10.0 Å². The predicted molar refractivity (Wildman–Crippen MR) is 115 cm³/mol. The lowest BCUT2D eigenvalue weighted by Crippen LogP contribution is -2.42. The van der Waals surface area contributed by atoms with Gasteiger partial charge in [-0.1, -0.05) is 42.1 Å². The van der Waals surface area contributed by atoms with E-state index < -0.39 is 0 Å². The predicted octanol–water partition coefficient (Wildman–Crippen LogP) is 4.04. The van der Waals surface area contributed by atoms with Gasteiger partial charge in [0.25, 0.3) is 0 Å². The zero-order chi connectivity index (χ0) is 19.9. The number of guanidine groups is 1. The molecule has 8 heteroatoms. The molecule has 1 saturated carbocycles. The molecule has 2 N–H and O–H groups in total. The number of benzene rings is 1. The summed E-state index contributed by atoms with van der Waals surface area (Å²) in [4.78, 5) is 4.73. The molecular formula is C20H28Cl2N6. The molecule has 28 heavy (non-hydrogen) atoms. The molecule has 2 aromatic rings. The van der Waals surface area contributed by atoms with E-state index >= 15 is 0 Å². The minimum Gasteiger partial charge on any atom is -0.356 e. The van der Waals surface area contributed by atoms with Crippen LogP contribution >= 0.6 is 23.2 Å². The van der Waals surface area contributed by atoms with Gasteiger partial charge in [-0.3, -0.25) is 0 Å². The fraction of sp³-hybridized carbons (Fsp3) is 0.550. The molecule has 1 fully saturated rings. The first-order valence-electron chi connectivity index (χ1n) is 9.86. The Hall–Kier alpha value is -1.79. The van der Waals surface area contributed by atoms with Crippen LogP contribution in [-0.2, 0) is 20.0 Å². The van der Waals surface area contributed by atoms with Crippen LogP contribution < -0.4 is 10.6 Å². The van der Waals surface area contributed by atoms with Crippen molar-refractivity contribution in [3.8, 4) is 0 Å². The Balaban J connectivity index is 1.55. The van der Waals surface area contributed by atoms with Gasteiger partial charge in [-0.05, 0) is 50.3 Å². The van der Waals surface area contributed by atoms with Gasteiger partial charge in [0, 0.05) is 29.7 Å². The van der Waals surface area contributed by atoms with Gasteiger partial charge in [-0.25, -0.2) is 4.99 Å². The Morgan fingerprint density at radius 1 is 1.25 bits per heavy atom. The second kappa shape index (κ2) is 10.1. The number of nitrogens with zero attached hydrogens (tertiary/aromatic N) is 4. The fourth-order valence-corrected chi connectivity index (χ4v) is 3.87. The van der Waals surface area contributed by atoms with Crippen molar-refractivity contribution in [1.29, 1.82) is 0 Å². The standard InChI is InChI=1S/C20H28Cl2N6/c1-14-26-27-19(28(14)2)13-24-20(25-17-7-3-4-8-17)23-11-5-6-15-9-10-16(21)12-18(15)22/h9-10,12,17H,3-8,11,13H2,1-2H3,(H2,23,24,25). The lowest BCUT2D eigenvalue weighted by atomic mass is 10.1. The molecular weight excluding hydrogens is 395 g/mol. The average Bonchev–Trinajstić information content (AvgIpc) is 3.29. The SMILES string of the molecule is Cc1nnc(CN=C(NCCCc2ccc(Cl)cc2Cl)NC2CCCC2)n1C. The lowest BCUT2D eigenvalue weighted by molar-refractivity contribution is 0.607. The van der Waals surface area contributed by atoms with Crippen molar-refractivity contribution in [2.75, 3.05) is 6.54 Å². The van der Waals surface area contributed by atoms with Crippen LogP contribution in [0.15, 0.2) is 23.2 Å². The molecule has 0 aliphatic heterocycles. The summed E-state index contributed by atoms with van der Waals surface area (Å²) in [7, 11) is 1.97. The maximum absolute atomic E-state index is 6.26. The molecule has 0 spiro atoms. The molecule has 1 heterocycles. The van der Waals surface area contributed by atoms with Crippen LogP contribution in [0.3, 0.4) is 0 Å². The van der Waals surface area contributed by atoms with E-state index in [1.165, 1.54) is 25.7 Å². The van der Waals surface area contributed by atoms with Crippen LogP contribution in [0.4, 0.5) is 0 Å². The topological polar surface area (TPSA) is 67.1 Å². The van der Waals surface area contributed by atoms with E-state index in [9.17, 15) is 0 Å². The number of nitrogens with one attached hydrogen (secondary N) is 2. The summed E-state index contributed by atoms with van der Waals surface area (Å²) < 4.78 is 1.97. The van der Waals surface area contributed by atoms with Crippen molar-refractivity contribution in [1.82, 2.24) is 25.4 Å². The third kappa shape index (κ3) is 5.85. The Morgan fingerprint density at radius 3 is 2.71 bits per heavy atom. The van der Waals surface area contributed by atoms with Gasteiger partial charge >= 0.3 is 0 Å². The van der Waals surface area contributed by atoms with Crippen LogP contribution in [0.1, 0.15) is 49.3 Å². The zero-order valence-electron chi connectivity index (χ0n) is 16.5. The summed E-state index contributed by atoms with van der Waals surface area (Å²) >= 11 is 12.2. The Labute approximate surface area is 176 Å². The van der Waals surface area contributed by atoms with Crippen molar-refractivity contribution in [2.24, 2.45) is 12.0 Å². The number of rotatable bonds is 7. The van der Waals surface area contributed by atoms with Crippen LogP contribution in [0.25, 0.3) is 0 Å². The number of hydrogen-bond acceptors (Lipinski definition) is 3. The highest BCUT2D eigenvalue weighted by molar-refractivity contribution is 6.35. The highest BCUT2D eigenvalue weighted by Crippen LogP contribution is 2.22. The molecule has 0 radical (unpaired) electrons. The van der Waals surface area contributed by atoms with Crippen LogP contribution in [0.5, 0.6) is 0 Å². The summed E-state index contributed by atoms with van der Waals surface area (Å²) in [6.07, 6.45) is 6.80. The Bertz CT molecular complexity index is 811. The van der Waals surface area contributed by atoms with E-state index in [1.54, 1.807) is 6.07 Å². The minimum absolute atomic E-state index is 0.498. The first kappa shape index (κ1) is 20.9. The second-order valence-electron chi connectivity index (χ2n) is 7.28. The van der Waals surface area contributed by atoms with Gasteiger partial charge in [-0.2, -0.15) is 0 Å². The van der Waals surface area contributed by atoms with Crippen molar-refractivity contribution in [3.63, 3.8) is 0 Å². The third-order valence-corrected chi connectivity index (χ3v) is 5.77. The first-order valence-corrected chi connectivity index (χ1v) is 10.6. The van der Waals surface area contributed by atoms with Crippen molar-refractivity contribution in [3.05, 3.63) is 45.5 Å². The zero-order valence-corrected chi connectivity index (χ0v) is 18.0. The summed E-state index contributed by atoms with van der Waals surface area (Å²) in [5.74, 6) is 2.59. The molecule has 1 aromatic heterocycles. The maximum atomic E-state index is 6.26. The van der Waals surface area contributed by atoms with E-state index in [-0.39, 0.29) is 0 Å². The first-order chi connectivity index (χ1) is 13.5. The third-order valence-electron chi connectivity index (χ3n) is 5.19. The molecule has 1 aliphatic carbocycles. The number of hydrogen-bond donors (Lipinski definition) is 2. The van der Waals surface area contributed by atoms with E-state index in [1.807, 2.05) is 30.7 Å². The monoisotopic (exact) mass is 422 g/mol. The number of aryl methyl sites for hydroxylation is 2. The quantitative estimate of drug-likeness (QED) is 0.401. The van der Waals surface area contributed by atoms with Gasteiger partial charge in [0.15, 0.2) is 11.8 Å². The van der Waals surface area contributed by atoms with E-state index in [4.69, 9.17) is 28.2 Å².